The number of hydrogen-bond donors (Lipinski definition) is 1. The first kappa shape index (κ1) is 12.3. The molecule has 1 aliphatic rings. The molecule has 0 amide bonds. The van der Waals surface area contributed by atoms with E-state index in [4.69, 9.17) is 0 Å². The third-order valence-corrected chi connectivity index (χ3v) is 3.81. The largest absolute Gasteiger partial charge is 0.388 e. The minimum Gasteiger partial charge on any atom is -0.388 e. The first-order valence-corrected chi connectivity index (χ1v) is 6.63. The zero-order chi connectivity index (χ0) is 13.2. The number of aliphatic hydroxyl groups is 1. The van der Waals surface area contributed by atoms with Crippen LogP contribution in [0.2, 0.25) is 0 Å². The normalized spacial score (nSPS) is 19.8. The van der Waals surface area contributed by atoms with Crippen LogP contribution in [-0.2, 0) is 6.42 Å². The molecule has 0 fully saturated rings. The van der Waals surface area contributed by atoms with Crippen LogP contribution in [-0.4, -0.2) is 10.1 Å². The number of fused-ring (bicyclic) bond motifs is 1. The van der Waals surface area contributed by atoms with Crippen LogP contribution in [0, 0.1) is 5.82 Å². The highest BCUT2D eigenvalue weighted by atomic mass is 19.1. The number of halogens is 1. The van der Waals surface area contributed by atoms with Gasteiger partial charge in [0.05, 0.1) is 6.10 Å². The molecule has 0 radical (unpaired) electrons. The summed E-state index contributed by atoms with van der Waals surface area (Å²) >= 11 is 0. The topological polar surface area (TPSA) is 33.1 Å². The van der Waals surface area contributed by atoms with E-state index in [1.165, 1.54) is 17.7 Å². The Kier molecular flexibility index (Phi) is 3.30. The van der Waals surface area contributed by atoms with Gasteiger partial charge in [-0.1, -0.05) is 18.2 Å². The summed E-state index contributed by atoms with van der Waals surface area (Å²) in [5.41, 5.74) is 2.79. The van der Waals surface area contributed by atoms with E-state index in [0.29, 0.717) is 5.56 Å². The lowest BCUT2D eigenvalue weighted by molar-refractivity contribution is 0.133. The van der Waals surface area contributed by atoms with Crippen molar-refractivity contribution in [3.63, 3.8) is 0 Å². The Morgan fingerprint density at radius 1 is 1.26 bits per heavy atom. The zero-order valence-electron chi connectivity index (χ0n) is 10.6. The SMILES string of the molecule is OC(c1cccc(F)c1)C1CCCc2cccnc21. The monoisotopic (exact) mass is 257 g/mol. The van der Waals surface area contributed by atoms with E-state index in [9.17, 15) is 9.50 Å². The summed E-state index contributed by atoms with van der Waals surface area (Å²) in [7, 11) is 0. The lowest BCUT2D eigenvalue weighted by Gasteiger charge is -2.28. The molecule has 2 atom stereocenters. The van der Waals surface area contributed by atoms with Gasteiger partial charge in [-0.05, 0) is 48.6 Å². The van der Waals surface area contributed by atoms with Gasteiger partial charge in [-0.2, -0.15) is 0 Å². The smallest absolute Gasteiger partial charge is 0.123 e. The van der Waals surface area contributed by atoms with Gasteiger partial charge in [-0.25, -0.2) is 4.39 Å². The Labute approximate surface area is 111 Å². The van der Waals surface area contributed by atoms with E-state index < -0.39 is 6.10 Å². The van der Waals surface area contributed by atoms with Crippen LogP contribution in [0.5, 0.6) is 0 Å². The lowest BCUT2D eigenvalue weighted by Crippen LogP contribution is -2.18. The second kappa shape index (κ2) is 5.10. The van der Waals surface area contributed by atoms with Crippen molar-refractivity contribution in [1.82, 2.24) is 4.98 Å². The molecule has 1 heterocycles. The fraction of sp³-hybridized carbons (Fsp3) is 0.312. The van der Waals surface area contributed by atoms with Crippen molar-refractivity contribution in [3.8, 4) is 0 Å². The number of nitrogens with zero attached hydrogens (tertiary/aromatic N) is 1. The molecule has 19 heavy (non-hydrogen) atoms. The summed E-state index contributed by atoms with van der Waals surface area (Å²) in [6, 6.07) is 10.2. The highest BCUT2D eigenvalue weighted by Gasteiger charge is 2.28. The van der Waals surface area contributed by atoms with E-state index in [1.807, 2.05) is 6.07 Å². The summed E-state index contributed by atoms with van der Waals surface area (Å²) in [6.07, 6.45) is 4.01. The van der Waals surface area contributed by atoms with E-state index in [2.05, 4.69) is 11.1 Å². The third kappa shape index (κ3) is 2.38. The van der Waals surface area contributed by atoms with E-state index in [-0.39, 0.29) is 11.7 Å². The number of rotatable bonds is 2. The maximum absolute atomic E-state index is 13.3. The van der Waals surface area contributed by atoms with Crippen molar-refractivity contribution in [1.29, 1.82) is 0 Å². The van der Waals surface area contributed by atoms with Gasteiger partial charge in [0.1, 0.15) is 5.82 Å². The van der Waals surface area contributed by atoms with E-state index in [0.717, 1.165) is 25.0 Å². The van der Waals surface area contributed by atoms with Gasteiger partial charge < -0.3 is 5.11 Å². The molecular formula is C16H16FNO. The Morgan fingerprint density at radius 2 is 2.16 bits per heavy atom. The summed E-state index contributed by atoms with van der Waals surface area (Å²) in [5, 5.41) is 10.5. The summed E-state index contributed by atoms with van der Waals surface area (Å²) in [6.45, 7) is 0. The van der Waals surface area contributed by atoms with Gasteiger partial charge in [0, 0.05) is 17.8 Å². The standard InChI is InChI=1S/C16H16FNO/c17-13-7-1-5-12(10-13)16(19)14-8-2-4-11-6-3-9-18-15(11)14/h1,3,5-7,9-10,14,16,19H,2,4,8H2. The quantitative estimate of drug-likeness (QED) is 0.894. The number of aliphatic hydroxyl groups excluding tert-OH is 1. The molecule has 0 spiro atoms. The average molecular weight is 257 g/mol. The van der Waals surface area contributed by atoms with Crippen molar-refractivity contribution in [2.45, 2.75) is 31.3 Å². The molecular weight excluding hydrogens is 241 g/mol. The fourth-order valence-electron chi connectivity index (χ4n) is 2.88. The average Bonchev–Trinajstić information content (AvgIpc) is 2.46. The zero-order valence-corrected chi connectivity index (χ0v) is 10.6. The van der Waals surface area contributed by atoms with Gasteiger partial charge >= 0.3 is 0 Å². The van der Waals surface area contributed by atoms with Crippen molar-refractivity contribution in [3.05, 3.63) is 65.2 Å². The van der Waals surface area contributed by atoms with Crippen molar-refractivity contribution >= 4 is 0 Å². The third-order valence-electron chi connectivity index (χ3n) is 3.81. The molecule has 2 unspecified atom stereocenters. The highest BCUT2D eigenvalue weighted by molar-refractivity contribution is 5.30. The van der Waals surface area contributed by atoms with Crippen LogP contribution in [0.15, 0.2) is 42.6 Å². The van der Waals surface area contributed by atoms with Crippen LogP contribution < -0.4 is 0 Å². The molecule has 98 valence electrons. The molecule has 1 N–H and O–H groups in total. The Bertz CT molecular complexity index is 584. The van der Waals surface area contributed by atoms with Gasteiger partial charge in [-0.15, -0.1) is 0 Å². The first-order chi connectivity index (χ1) is 9.25. The molecule has 1 aliphatic carbocycles. The molecule has 0 aliphatic heterocycles. The minimum absolute atomic E-state index is 0.0354. The van der Waals surface area contributed by atoms with Crippen molar-refractivity contribution in [2.75, 3.05) is 0 Å². The number of pyridine rings is 1. The van der Waals surface area contributed by atoms with Crippen LogP contribution in [0.3, 0.4) is 0 Å². The van der Waals surface area contributed by atoms with Crippen LogP contribution in [0.4, 0.5) is 4.39 Å². The maximum atomic E-state index is 13.3. The number of aryl methyl sites for hydroxylation is 1. The van der Waals surface area contributed by atoms with Crippen LogP contribution in [0.1, 0.15) is 41.7 Å². The first-order valence-electron chi connectivity index (χ1n) is 6.63. The summed E-state index contributed by atoms with van der Waals surface area (Å²) in [5.74, 6) is -0.347. The lowest BCUT2D eigenvalue weighted by atomic mass is 9.81. The molecule has 1 aromatic carbocycles. The predicted molar refractivity (Wildman–Crippen MR) is 71.3 cm³/mol. The molecule has 0 saturated carbocycles. The van der Waals surface area contributed by atoms with Gasteiger partial charge in [-0.3, -0.25) is 4.98 Å². The Hall–Kier alpha value is -1.74. The summed E-state index contributed by atoms with van der Waals surface area (Å²) < 4.78 is 13.3. The Balaban J connectivity index is 1.95. The predicted octanol–water partition coefficient (Wildman–Crippen LogP) is 3.37. The molecule has 0 bridgehead atoms. The molecule has 3 heteroatoms. The maximum Gasteiger partial charge on any atom is 0.123 e. The molecule has 3 rings (SSSR count). The second-order valence-corrected chi connectivity index (χ2v) is 5.05. The number of benzene rings is 1. The van der Waals surface area contributed by atoms with Crippen LogP contribution in [0.25, 0.3) is 0 Å². The fourth-order valence-corrected chi connectivity index (χ4v) is 2.88. The number of hydrogen-bond acceptors (Lipinski definition) is 2. The number of aromatic nitrogens is 1. The van der Waals surface area contributed by atoms with Gasteiger partial charge in [0.2, 0.25) is 0 Å². The molecule has 1 aromatic heterocycles. The van der Waals surface area contributed by atoms with Crippen molar-refractivity contribution < 1.29 is 9.50 Å². The van der Waals surface area contributed by atoms with Crippen molar-refractivity contribution in [2.24, 2.45) is 0 Å². The summed E-state index contributed by atoms with van der Waals surface area (Å²) in [4.78, 5) is 4.42. The van der Waals surface area contributed by atoms with Gasteiger partial charge in [0.15, 0.2) is 0 Å². The second-order valence-electron chi connectivity index (χ2n) is 5.05. The van der Waals surface area contributed by atoms with Gasteiger partial charge in [0.25, 0.3) is 0 Å². The molecule has 2 nitrogen and oxygen atoms in total. The molecule has 0 saturated heterocycles. The molecule has 2 aromatic rings. The van der Waals surface area contributed by atoms with E-state index >= 15 is 0 Å². The highest BCUT2D eigenvalue weighted by Crippen LogP contribution is 2.39. The minimum atomic E-state index is -0.690. The van der Waals surface area contributed by atoms with Crippen LogP contribution >= 0.6 is 0 Å². The van der Waals surface area contributed by atoms with E-state index in [1.54, 1.807) is 18.3 Å². The Morgan fingerprint density at radius 3 is 3.00 bits per heavy atom.